The second-order valence-electron chi connectivity index (χ2n) is 4.97. The molecule has 0 saturated heterocycles. The molecule has 0 atom stereocenters. The molecule has 0 aliphatic carbocycles. The number of aromatic nitrogens is 2. The molecule has 0 aliphatic heterocycles. The van der Waals surface area contributed by atoms with Crippen molar-refractivity contribution in [2.24, 2.45) is 0 Å². The average molecular weight is 319 g/mol. The smallest absolute Gasteiger partial charge is 0.320 e. The lowest BCUT2D eigenvalue weighted by Gasteiger charge is -2.13. The van der Waals surface area contributed by atoms with Gasteiger partial charge in [0.15, 0.2) is 0 Å². The summed E-state index contributed by atoms with van der Waals surface area (Å²) in [5, 5.41) is 2.33. The molecule has 0 fully saturated rings. The summed E-state index contributed by atoms with van der Waals surface area (Å²) in [6, 6.07) is 10.1. The Labute approximate surface area is 129 Å². The summed E-state index contributed by atoms with van der Waals surface area (Å²) in [6.07, 6.45) is -2.90. The van der Waals surface area contributed by atoms with Gasteiger partial charge in [-0.15, -0.1) is 0 Å². The third-order valence-corrected chi connectivity index (χ3v) is 3.40. The van der Waals surface area contributed by atoms with Crippen LogP contribution in [0.4, 0.5) is 18.9 Å². The first-order valence-corrected chi connectivity index (χ1v) is 6.79. The first-order chi connectivity index (χ1) is 10.9. The Hall–Kier alpha value is -2.83. The molecule has 3 rings (SSSR count). The van der Waals surface area contributed by atoms with E-state index < -0.39 is 17.6 Å². The lowest BCUT2D eigenvalue weighted by Crippen LogP contribution is -2.18. The van der Waals surface area contributed by atoms with E-state index >= 15 is 0 Å². The zero-order valence-corrected chi connectivity index (χ0v) is 12.1. The van der Waals surface area contributed by atoms with Crippen molar-refractivity contribution in [2.45, 2.75) is 13.1 Å². The number of anilines is 1. The monoisotopic (exact) mass is 319 g/mol. The zero-order valence-electron chi connectivity index (χ0n) is 12.1. The highest BCUT2D eigenvalue weighted by Crippen LogP contribution is 2.34. The van der Waals surface area contributed by atoms with Crippen LogP contribution in [0.15, 0.2) is 48.7 Å². The van der Waals surface area contributed by atoms with E-state index in [4.69, 9.17) is 0 Å². The van der Waals surface area contributed by atoms with Gasteiger partial charge in [0.2, 0.25) is 0 Å². The highest BCUT2D eigenvalue weighted by Gasteiger charge is 2.33. The third kappa shape index (κ3) is 2.77. The SMILES string of the molecule is Cc1nc2ccccn2c1C(=O)Nc1ccccc1C(F)(F)F. The largest absolute Gasteiger partial charge is 0.418 e. The van der Waals surface area contributed by atoms with E-state index in [0.29, 0.717) is 11.3 Å². The molecule has 1 aromatic carbocycles. The highest BCUT2D eigenvalue weighted by atomic mass is 19.4. The number of carbonyl (C=O) groups is 1. The van der Waals surface area contributed by atoms with Gasteiger partial charge in [0.25, 0.3) is 5.91 Å². The second kappa shape index (κ2) is 5.42. The number of hydrogen-bond donors (Lipinski definition) is 1. The summed E-state index contributed by atoms with van der Waals surface area (Å²) < 4.78 is 40.6. The quantitative estimate of drug-likeness (QED) is 0.778. The van der Waals surface area contributed by atoms with E-state index in [-0.39, 0.29) is 11.4 Å². The summed E-state index contributed by atoms with van der Waals surface area (Å²) >= 11 is 0. The molecule has 1 N–H and O–H groups in total. The van der Waals surface area contributed by atoms with Crippen molar-refractivity contribution in [1.82, 2.24) is 9.38 Å². The zero-order chi connectivity index (χ0) is 16.6. The Morgan fingerprint density at radius 1 is 1.13 bits per heavy atom. The Kier molecular flexibility index (Phi) is 3.55. The van der Waals surface area contributed by atoms with Gasteiger partial charge in [-0.3, -0.25) is 9.20 Å². The van der Waals surface area contributed by atoms with Crippen LogP contribution in [0.5, 0.6) is 0 Å². The number of halogens is 3. The summed E-state index contributed by atoms with van der Waals surface area (Å²) in [5.74, 6) is -0.641. The van der Waals surface area contributed by atoms with Gasteiger partial charge < -0.3 is 5.32 Å². The maximum atomic E-state index is 13.0. The van der Waals surface area contributed by atoms with E-state index in [1.54, 1.807) is 35.7 Å². The van der Waals surface area contributed by atoms with Gasteiger partial charge in [-0.25, -0.2) is 4.98 Å². The van der Waals surface area contributed by atoms with Crippen molar-refractivity contribution in [1.29, 1.82) is 0 Å². The van der Waals surface area contributed by atoms with Gasteiger partial charge in [0.1, 0.15) is 11.3 Å². The number of amides is 1. The van der Waals surface area contributed by atoms with Crippen LogP contribution in [-0.4, -0.2) is 15.3 Å². The fraction of sp³-hybridized carbons (Fsp3) is 0.125. The van der Waals surface area contributed by atoms with Gasteiger partial charge in [-0.1, -0.05) is 18.2 Å². The van der Waals surface area contributed by atoms with Crippen LogP contribution in [0.3, 0.4) is 0 Å². The van der Waals surface area contributed by atoms with Crippen LogP contribution in [0.1, 0.15) is 21.7 Å². The van der Waals surface area contributed by atoms with Crippen LogP contribution in [-0.2, 0) is 6.18 Å². The topological polar surface area (TPSA) is 46.4 Å². The van der Waals surface area contributed by atoms with Crippen LogP contribution < -0.4 is 5.32 Å². The average Bonchev–Trinajstić information content (AvgIpc) is 2.82. The minimum absolute atomic E-state index is 0.206. The fourth-order valence-corrected chi connectivity index (χ4v) is 2.41. The van der Waals surface area contributed by atoms with E-state index in [9.17, 15) is 18.0 Å². The number of benzene rings is 1. The molecule has 0 unspecified atom stereocenters. The Morgan fingerprint density at radius 2 is 1.83 bits per heavy atom. The van der Waals surface area contributed by atoms with Crippen molar-refractivity contribution in [3.63, 3.8) is 0 Å². The molecule has 3 aromatic rings. The molecule has 118 valence electrons. The summed E-state index contributed by atoms with van der Waals surface area (Å²) in [5.41, 5.74) is 0.0325. The number of nitrogens with one attached hydrogen (secondary N) is 1. The Balaban J connectivity index is 2.01. The third-order valence-electron chi connectivity index (χ3n) is 3.40. The van der Waals surface area contributed by atoms with Crippen LogP contribution in [0.25, 0.3) is 5.65 Å². The molecule has 0 radical (unpaired) electrons. The number of aryl methyl sites for hydroxylation is 1. The van der Waals surface area contributed by atoms with Crippen LogP contribution in [0, 0.1) is 6.92 Å². The lowest BCUT2D eigenvalue weighted by molar-refractivity contribution is -0.136. The number of imidazole rings is 1. The van der Waals surface area contributed by atoms with Gasteiger partial charge in [-0.2, -0.15) is 13.2 Å². The van der Waals surface area contributed by atoms with E-state index in [0.717, 1.165) is 6.07 Å². The predicted molar refractivity (Wildman–Crippen MR) is 79.3 cm³/mol. The molecule has 2 heterocycles. The van der Waals surface area contributed by atoms with Crippen molar-refractivity contribution in [3.05, 3.63) is 65.6 Å². The number of fused-ring (bicyclic) bond motifs is 1. The number of alkyl halides is 3. The highest BCUT2D eigenvalue weighted by molar-refractivity contribution is 6.04. The summed E-state index contributed by atoms with van der Waals surface area (Å²) in [4.78, 5) is 16.7. The predicted octanol–water partition coefficient (Wildman–Crippen LogP) is 3.91. The Bertz CT molecular complexity index is 884. The first kappa shape index (κ1) is 15.1. The van der Waals surface area contributed by atoms with E-state index in [2.05, 4.69) is 10.3 Å². The molecule has 0 bridgehead atoms. The van der Waals surface area contributed by atoms with Crippen LogP contribution in [0.2, 0.25) is 0 Å². The van der Waals surface area contributed by atoms with Crippen molar-refractivity contribution >= 4 is 17.2 Å². The van der Waals surface area contributed by atoms with E-state index in [1.807, 2.05) is 0 Å². The maximum Gasteiger partial charge on any atom is 0.418 e. The molecule has 0 spiro atoms. The normalized spacial score (nSPS) is 11.7. The minimum Gasteiger partial charge on any atom is -0.320 e. The number of carbonyl (C=O) groups excluding carboxylic acids is 1. The summed E-state index contributed by atoms with van der Waals surface area (Å²) in [6.45, 7) is 1.64. The van der Waals surface area contributed by atoms with Crippen molar-refractivity contribution in [2.75, 3.05) is 5.32 Å². The number of hydrogen-bond acceptors (Lipinski definition) is 2. The number of pyridine rings is 1. The van der Waals surface area contributed by atoms with Crippen LogP contribution >= 0.6 is 0 Å². The van der Waals surface area contributed by atoms with Gasteiger partial charge in [-0.05, 0) is 31.2 Å². The second-order valence-corrected chi connectivity index (χ2v) is 4.97. The molecule has 7 heteroatoms. The standard InChI is InChI=1S/C16H12F3N3O/c1-10-14(22-9-5-4-8-13(22)20-10)15(23)21-12-7-3-2-6-11(12)16(17,18)19/h2-9H,1H3,(H,21,23). The molecule has 2 aromatic heterocycles. The van der Waals surface area contributed by atoms with Gasteiger partial charge in [0, 0.05) is 6.20 Å². The van der Waals surface area contributed by atoms with Crippen molar-refractivity contribution < 1.29 is 18.0 Å². The minimum atomic E-state index is -4.54. The molecule has 0 saturated carbocycles. The van der Waals surface area contributed by atoms with E-state index in [1.165, 1.54) is 18.2 Å². The van der Waals surface area contributed by atoms with Crippen molar-refractivity contribution in [3.8, 4) is 0 Å². The number of para-hydroxylation sites is 1. The number of nitrogens with zero attached hydrogens (tertiary/aromatic N) is 2. The molecule has 4 nitrogen and oxygen atoms in total. The van der Waals surface area contributed by atoms with Gasteiger partial charge >= 0.3 is 6.18 Å². The lowest BCUT2D eigenvalue weighted by atomic mass is 10.1. The molecule has 1 amide bonds. The fourth-order valence-electron chi connectivity index (χ4n) is 2.41. The summed E-state index contributed by atoms with van der Waals surface area (Å²) in [7, 11) is 0. The molecular weight excluding hydrogens is 307 g/mol. The molecule has 23 heavy (non-hydrogen) atoms. The van der Waals surface area contributed by atoms with Gasteiger partial charge in [0.05, 0.1) is 16.9 Å². The molecular formula is C16H12F3N3O. The number of rotatable bonds is 2. The first-order valence-electron chi connectivity index (χ1n) is 6.79. The molecule has 0 aliphatic rings. The Morgan fingerprint density at radius 3 is 2.57 bits per heavy atom. The maximum absolute atomic E-state index is 13.0.